The SMILES string of the molecule is COc1ccc(NC(=O)CSC2=Nc3ccccc3C3=NC(=O)C(Cc4ccccc4)N23)cc1OC. The number of anilines is 1. The van der Waals surface area contributed by atoms with Gasteiger partial charge in [-0.2, -0.15) is 4.99 Å². The van der Waals surface area contributed by atoms with E-state index in [1.807, 2.05) is 59.5 Å². The molecule has 9 heteroatoms. The molecule has 5 rings (SSSR count). The highest BCUT2D eigenvalue weighted by Gasteiger charge is 2.41. The van der Waals surface area contributed by atoms with Crippen molar-refractivity contribution in [2.24, 2.45) is 9.98 Å². The maximum absolute atomic E-state index is 13.0. The van der Waals surface area contributed by atoms with Gasteiger partial charge in [0.05, 0.1) is 25.7 Å². The van der Waals surface area contributed by atoms with Gasteiger partial charge in [0.2, 0.25) is 5.91 Å². The molecule has 2 aliphatic heterocycles. The number of carbonyl (C=O) groups excluding carboxylic acids is 2. The lowest BCUT2D eigenvalue weighted by molar-refractivity contribution is -0.119. The van der Waals surface area contributed by atoms with Crippen molar-refractivity contribution in [1.29, 1.82) is 0 Å². The first-order chi connectivity index (χ1) is 17.6. The summed E-state index contributed by atoms with van der Waals surface area (Å²) in [6, 6.07) is 22.1. The zero-order chi connectivity index (χ0) is 25.1. The van der Waals surface area contributed by atoms with Gasteiger partial charge in [-0.1, -0.05) is 54.2 Å². The third-order valence-corrected chi connectivity index (χ3v) is 6.83. The lowest BCUT2D eigenvalue weighted by Crippen LogP contribution is -2.45. The Labute approximate surface area is 213 Å². The lowest BCUT2D eigenvalue weighted by Gasteiger charge is -2.31. The summed E-state index contributed by atoms with van der Waals surface area (Å²) in [6.45, 7) is 0. The molecule has 182 valence electrons. The van der Waals surface area contributed by atoms with Crippen LogP contribution in [0.2, 0.25) is 0 Å². The van der Waals surface area contributed by atoms with Crippen LogP contribution in [0.4, 0.5) is 11.4 Å². The highest BCUT2D eigenvalue weighted by molar-refractivity contribution is 8.14. The molecule has 2 heterocycles. The first-order valence-corrected chi connectivity index (χ1v) is 12.3. The van der Waals surface area contributed by atoms with E-state index in [1.54, 1.807) is 32.4 Å². The van der Waals surface area contributed by atoms with Crippen LogP contribution < -0.4 is 14.8 Å². The fourth-order valence-corrected chi connectivity index (χ4v) is 5.03. The van der Waals surface area contributed by atoms with Crippen LogP contribution in [0, 0.1) is 0 Å². The van der Waals surface area contributed by atoms with Crippen LogP contribution in [0.25, 0.3) is 0 Å². The summed E-state index contributed by atoms with van der Waals surface area (Å²) in [6.07, 6.45) is 0.492. The van der Waals surface area contributed by atoms with Crippen LogP contribution in [-0.4, -0.2) is 53.7 Å². The number of hydrogen-bond donors (Lipinski definition) is 1. The second-order valence-corrected chi connectivity index (χ2v) is 9.11. The summed E-state index contributed by atoms with van der Waals surface area (Å²) in [5.74, 6) is 1.36. The first kappa shape index (κ1) is 23.6. The lowest BCUT2D eigenvalue weighted by atomic mass is 10.0. The second-order valence-electron chi connectivity index (χ2n) is 8.17. The minimum absolute atomic E-state index is 0.103. The molecule has 1 N–H and O–H groups in total. The molecule has 0 spiro atoms. The van der Waals surface area contributed by atoms with Gasteiger partial charge in [-0.05, 0) is 29.8 Å². The van der Waals surface area contributed by atoms with E-state index in [4.69, 9.17) is 14.5 Å². The predicted molar refractivity (Wildman–Crippen MR) is 141 cm³/mol. The molecule has 8 nitrogen and oxygen atoms in total. The van der Waals surface area contributed by atoms with E-state index in [2.05, 4.69) is 10.3 Å². The molecule has 0 fully saturated rings. The van der Waals surface area contributed by atoms with Gasteiger partial charge >= 0.3 is 0 Å². The minimum Gasteiger partial charge on any atom is -0.493 e. The summed E-state index contributed by atoms with van der Waals surface area (Å²) in [5.41, 5.74) is 3.15. The summed E-state index contributed by atoms with van der Waals surface area (Å²) < 4.78 is 10.6. The number of hydrogen-bond acceptors (Lipinski definition) is 7. The van der Waals surface area contributed by atoms with Crippen molar-refractivity contribution in [2.45, 2.75) is 12.5 Å². The van der Waals surface area contributed by atoms with E-state index in [1.165, 1.54) is 11.8 Å². The molecule has 0 saturated carbocycles. The smallest absolute Gasteiger partial charge is 0.271 e. The molecule has 1 unspecified atom stereocenters. The predicted octanol–water partition coefficient (Wildman–Crippen LogP) is 4.28. The Balaban J connectivity index is 1.36. The average molecular weight is 501 g/mol. The number of carbonyl (C=O) groups is 2. The molecule has 2 amide bonds. The zero-order valence-electron chi connectivity index (χ0n) is 19.8. The van der Waals surface area contributed by atoms with Crippen molar-refractivity contribution < 1.29 is 19.1 Å². The number of nitrogens with one attached hydrogen (secondary N) is 1. The van der Waals surface area contributed by atoms with Gasteiger partial charge in [-0.25, -0.2) is 4.99 Å². The van der Waals surface area contributed by atoms with Crippen molar-refractivity contribution >= 4 is 46.0 Å². The topological polar surface area (TPSA) is 92.6 Å². The van der Waals surface area contributed by atoms with Crippen LogP contribution in [0.3, 0.4) is 0 Å². The molecule has 36 heavy (non-hydrogen) atoms. The van der Waals surface area contributed by atoms with Gasteiger partial charge in [0, 0.05) is 23.7 Å². The van der Waals surface area contributed by atoms with Gasteiger partial charge in [-0.3, -0.25) is 14.5 Å². The van der Waals surface area contributed by atoms with Crippen molar-refractivity contribution in [3.05, 3.63) is 83.9 Å². The van der Waals surface area contributed by atoms with Gasteiger partial charge < -0.3 is 14.8 Å². The Bertz CT molecular complexity index is 1370. The molecule has 3 aromatic carbocycles. The Kier molecular flexibility index (Phi) is 6.73. The number of nitrogens with zero attached hydrogens (tertiary/aromatic N) is 3. The van der Waals surface area contributed by atoms with E-state index in [0.29, 0.717) is 34.6 Å². The normalized spacial score (nSPS) is 16.0. The Morgan fingerprint density at radius 3 is 2.50 bits per heavy atom. The number of para-hydroxylation sites is 1. The van der Waals surface area contributed by atoms with Crippen molar-refractivity contribution in [3.8, 4) is 11.5 Å². The monoisotopic (exact) mass is 500 g/mol. The van der Waals surface area contributed by atoms with Gasteiger partial charge in [-0.15, -0.1) is 0 Å². The maximum Gasteiger partial charge on any atom is 0.271 e. The maximum atomic E-state index is 13.0. The van der Waals surface area contributed by atoms with Gasteiger partial charge in [0.25, 0.3) is 5.91 Å². The molecule has 0 saturated heterocycles. The van der Waals surface area contributed by atoms with Gasteiger partial charge in [0.1, 0.15) is 11.9 Å². The Morgan fingerprint density at radius 2 is 1.72 bits per heavy atom. The first-order valence-electron chi connectivity index (χ1n) is 11.4. The van der Waals surface area contributed by atoms with E-state index in [-0.39, 0.29) is 17.6 Å². The molecule has 0 aromatic heterocycles. The average Bonchev–Trinajstić information content (AvgIpc) is 3.23. The van der Waals surface area contributed by atoms with E-state index < -0.39 is 6.04 Å². The van der Waals surface area contributed by atoms with E-state index in [9.17, 15) is 9.59 Å². The molecular weight excluding hydrogens is 476 g/mol. The zero-order valence-corrected chi connectivity index (χ0v) is 20.6. The number of thioether (sulfide) groups is 1. The number of ether oxygens (including phenoxy) is 2. The fraction of sp³-hybridized carbons (Fsp3) is 0.185. The molecule has 2 aliphatic rings. The molecule has 0 aliphatic carbocycles. The van der Waals surface area contributed by atoms with Crippen LogP contribution in [0.15, 0.2) is 82.8 Å². The van der Waals surface area contributed by atoms with E-state index >= 15 is 0 Å². The largest absolute Gasteiger partial charge is 0.493 e. The number of rotatable bonds is 7. The van der Waals surface area contributed by atoms with Crippen molar-refractivity contribution in [2.75, 3.05) is 25.3 Å². The molecule has 0 radical (unpaired) electrons. The summed E-state index contributed by atoms with van der Waals surface area (Å²) in [4.78, 5) is 36.9. The summed E-state index contributed by atoms with van der Waals surface area (Å²) in [5, 5.41) is 3.45. The van der Waals surface area contributed by atoms with E-state index in [0.717, 1.165) is 16.8 Å². The number of methoxy groups -OCH3 is 2. The fourth-order valence-electron chi connectivity index (χ4n) is 4.18. The van der Waals surface area contributed by atoms with Crippen molar-refractivity contribution in [3.63, 3.8) is 0 Å². The molecular formula is C27H24N4O4S. The Morgan fingerprint density at radius 1 is 0.972 bits per heavy atom. The van der Waals surface area contributed by atoms with Crippen LogP contribution in [0.1, 0.15) is 11.1 Å². The molecule has 0 bridgehead atoms. The highest BCUT2D eigenvalue weighted by atomic mass is 32.2. The number of fused-ring (bicyclic) bond motifs is 3. The molecule has 1 atom stereocenters. The minimum atomic E-state index is -0.518. The summed E-state index contributed by atoms with van der Waals surface area (Å²) in [7, 11) is 3.10. The quantitative estimate of drug-likeness (QED) is 0.521. The third-order valence-electron chi connectivity index (χ3n) is 5.88. The molecule has 3 aromatic rings. The van der Waals surface area contributed by atoms with Crippen LogP contribution in [-0.2, 0) is 16.0 Å². The number of amides is 2. The summed E-state index contributed by atoms with van der Waals surface area (Å²) >= 11 is 1.27. The van der Waals surface area contributed by atoms with Gasteiger partial charge in [0.15, 0.2) is 16.7 Å². The number of amidine groups is 2. The Hall–Kier alpha value is -4.11. The third kappa shape index (κ3) is 4.70. The van der Waals surface area contributed by atoms with Crippen molar-refractivity contribution in [1.82, 2.24) is 4.90 Å². The standard InChI is InChI=1S/C27H24N4O4S/c1-34-22-13-12-18(15-23(22)35-2)28-24(32)16-36-27-29-20-11-7-6-10-19(20)25-30-26(33)21(31(25)27)14-17-8-4-3-5-9-17/h3-13,15,21H,14,16H2,1-2H3,(H,28,32). The number of benzene rings is 3. The highest BCUT2D eigenvalue weighted by Crippen LogP contribution is 2.35. The van der Waals surface area contributed by atoms with Crippen LogP contribution in [0.5, 0.6) is 11.5 Å². The number of aliphatic imine (C=N–C) groups is 2. The van der Waals surface area contributed by atoms with Crippen LogP contribution >= 0.6 is 11.8 Å². The second kappa shape index (κ2) is 10.2.